The highest BCUT2D eigenvalue weighted by atomic mass is 35.5. The fourth-order valence-electron chi connectivity index (χ4n) is 16.3. The number of rotatable bonds is 11. The molecule has 0 radical (unpaired) electrons. The summed E-state index contributed by atoms with van der Waals surface area (Å²) in [5.41, 5.74) is -1.56. The van der Waals surface area contributed by atoms with E-state index in [0.717, 1.165) is 32.1 Å². The maximum absolute atomic E-state index is 15.4. The van der Waals surface area contributed by atoms with Crippen LogP contribution >= 0.6 is 11.6 Å². The first-order chi connectivity index (χ1) is 46.5. The topological polar surface area (TPSA) is 270 Å². The van der Waals surface area contributed by atoms with Crippen LogP contribution < -0.4 is 16.0 Å². The first-order valence-electron chi connectivity index (χ1n) is 36.7. The Kier molecular flexibility index (Phi) is 28.0. The highest BCUT2D eigenvalue weighted by Crippen LogP contribution is 2.44. The van der Waals surface area contributed by atoms with Crippen LogP contribution in [0.2, 0.25) is 0 Å². The molecule has 1 spiro atoms. The van der Waals surface area contributed by atoms with Gasteiger partial charge in [-0.2, -0.15) is 13.2 Å². The number of amides is 12. The Hall–Kier alpha value is -6.28. The van der Waals surface area contributed by atoms with E-state index in [0.29, 0.717) is 51.6 Å². The Bertz CT molecular complexity index is 2920. The van der Waals surface area contributed by atoms with E-state index in [2.05, 4.69) is 16.0 Å². The van der Waals surface area contributed by atoms with Gasteiger partial charge in [0.05, 0.1) is 18.9 Å². The number of carbonyl (C=O) groups is 12. The zero-order chi connectivity index (χ0) is 73.3. The highest BCUT2D eigenvalue weighted by molar-refractivity contribution is 6.21. The lowest BCUT2D eigenvalue weighted by atomic mass is 9.78. The van der Waals surface area contributed by atoms with Crippen LogP contribution in [-0.2, 0) is 57.5 Å². The summed E-state index contributed by atoms with van der Waals surface area (Å²) < 4.78 is 42.0. The van der Waals surface area contributed by atoms with E-state index in [1.807, 2.05) is 20.8 Å². The number of carbonyl (C=O) groups excluding carboxylic acids is 12. The molecule has 4 heterocycles. The van der Waals surface area contributed by atoms with Crippen molar-refractivity contribution in [3.05, 3.63) is 0 Å². The molecular weight excluding hydrogens is 1310 g/mol. The molecule has 0 bridgehead atoms. The number of alkyl halides is 4. The predicted molar refractivity (Wildman–Crippen MR) is 365 cm³/mol. The molecule has 7 aliphatic rings. The third kappa shape index (κ3) is 18.9. The third-order valence-corrected chi connectivity index (χ3v) is 23.5. The van der Waals surface area contributed by atoms with Crippen molar-refractivity contribution in [3.63, 3.8) is 0 Å². The van der Waals surface area contributed by atoms with Crippen LogP contribution in [0.4, 0.5) is 13.2 Å². The molecule has 13 atom stereocenters. The molecule has 3 saturated carbocycles. The van der Waals surface area contributed by atoms with Crippen LogP contribution in [-0.4, -0.2) is 261 Å². The normalized spacial score (nSPS) is 31.1. The molecule has 0 aromatic carbocycles. The number of hydrogen-bond donors (Lipinski definition) is 3. The summed E-state index contributed by atoms with van der Waals surface area (Å²) in [5.74, 6) is -10.7. The molecule has 99 heavy (non-hydrogen) atoms. The largest absolute Gasteiger partial charge is 0.393 e. The van der Waals surface area contributed by atoms with Gasteiger partial charge in [-0.1, -0.05) is 86.5 Å². The summed E-state index contributed by atoms with van der Waals surface area (Å²) in [5, 5.41) is 7.60. The average Bonchev–Trinajstić information content (AvgIpc) is 1.76. The second-order valence-corrected chi connectivity index (χ2v) is 31.3. The molecule has 7 fully saturated rings. The van der Waals surface area contributed by atoms with Crippen LogP contribution in [0, 0.1) is 35.5 Å². The number of nitrogens with zero attached hydrogens (tertiary/aromatic N) is 9. The van der Waals surface area contributed by atoms with E-state index in [4.69, 9.17) is 11.6 Å². The monoisotopic (exact) mass is 1420 g/mol. The van der Waals surface area contributed by atoms with E-state index in [-0.39, 0.29) is 101 Å². The lowest BCUT2D eigenvalue weighted by molar-refractivity contribution is -0.182. The van der Waals surface area contributed by atoms with Gasteiger partial charge >= 0.3 is 6.18 Å². The SMILES string of the molecule is CC[C@H](C)[C@@H]1NC(=O)[C@H](CC(C)C)N(C)C(=O)C[C@@H](C(=O)N2CCCCC2)N(C)C(=O)[C@H](C(C)C)N(C)C(=O)C2(CCCC2)NC(=O)[C@@H]2CCCN2C(=O)[C@H](CCC2CCC(C(F)(F)F)C(Cl)C2)NC(=O)CN(C)C(=O)[C@H](CC2CCCC2)N(C)C(=O)[C@@H]2CCN2C(=O)[C@H](C)N(C)C1=O. The summed E-state index contributed by atoms with van der Waals surface area (Å²) in [7, 11) is 8.66. The maximum Gasteiger partial charge on any atom is 0.393 e. The minimum Gasteiger partial charge on any atom is -0.343 e. The standard InChI is InChI=1S/C71H114ClF3N12O12/c1-14-44(6)58-67(97)80(9)45(7)62(92)87-36-30-52(87)65(95)82(11)54(39-46-23-16-17-24-46)64(94)79(8)41-56(88)76-50(29-27-47-26-28-48(49(72)38-47)71(73,74)75)63(93)86-35-22-25-51(86)61(91)78-70(31-18-19-32-70)69(99)84(13)59(43(4)5)68(98)83(12)55(66(96)85-33-20-15-21-34-85)40-57(89)81(10)53(37-42(2)3)60(90)77-58/h42-55,58-59H,14-41H2,1-13H3,(H,76,88)(H,77,90)(H,78,91)/t44-,45-,47?,48?,49?,50-,51-,52-,53-,54-,55-,58-,59-/m0/s1. The van der Waals surface area contributed by atoms with Gasteiger partial charge in [0.25, 0.3) is 0 Å². The zero-order valence-electron chi connectivity index (χ0n) is 61.0. The number of fused-ring (bicyclic) bond motifs is 2. The maximum atomic E-state index is 15.4. The first kappa shape index (κ1) is 80.0. The van der Waals surface area contributed by atoms with Crippen molar-refractivity contribution < 1.29 is 70.7 Å². The molecule has 0 aromatic heterocycles. The van der Waals surface area contributed by atoms with Crippen molar-refractivity contribution in [2.45, 2.75) is 268 Å². The Morgan fingerprint density at radius 2 is 1.24 bits per heavy atom. The summed E-state index contributed by atoms with van der Waals surface area (Å²) >= 11 is 6.40. The van der Waals surface area contributed by atoms with Gasteiger partial charge in [0.2, 0.25) is 70.9 Å². The number of hydrogen-bond acceptors (Lipinski definition) is 12. The number of halogens is 4. The van der Waals surface area contributed by atoms with Gasteiger partial charge in [0, 0.05) is 73.8 Å². The average molecular weight is 1420 g/mol. The van der Waals surface area contributed by atoms with Gasteiger partial charge in [-0.05, 0) is 133 Å². The molecule has 4 aliphatic heterocycles. The van der Waals surface area contributed by atoms with Crippen molar-refractivity contribution in [3.8, 4) is 0 Å². The molecule has 558 valence electrons. The number of likely N-dealkylation sites (N-methyl/N-ethyl adjacent to an activating group) is 6. The quantitative estimate of drug-likeness (QED) is 0.210. The smallest absolute Gasteiger partial charge is 0.343 e. The minimum atomic E-state index is -4.51. The van der Waals surface area contributed by atoms with Gasteiger partial charge in [-0.25, -0.2) is 0 Å². The fraction of sp³-hybridized carbons (Fsp3) is 0.831. The van der Waals surface area contributed by atoms with Gasteiger partial charge in [-0.15, -0.1) is 11.6 Å². The minimum absolute atomic E-state index is 0.00104. The zero-order valence-corrected chi connectivity index (χ0v) is 61.7. The highest BCUT2D eigenvalue weighted by Gasteiger charge is 2.52. The number of piperidine rings is 1. The number of likely N-dealkylation sites (tertiary alicyclic amines) is 1. The molecule has 0 aromatic rings. The molecule has 12 amide bonds. The molecule has 24 nitrogen and oxygen atoms in total. The van der Waals surface area contributed by atoms with E-state index in [1.165, 1.54) is 88.4 Å². The van der Waals surface area contributed by atoms with Crippen molar-refractivity contribution in [2.75, 3.05) is 75.0 Å². The summed E-state index contributed by atoms with van der Waals surface area (Å²) in [4.78, 5) is 192. The van der Waals surface area contributed by atoms with Gasteiger partial charge in [0.1, 0.15) is 59.9 Å². The second kappa shape index (κ2) is 34.6. The van der Waals surface area contributed by atoms with Crippen molar-refractivity contribution >= 4 is 82.5 Å². The van der Waals surface area contributed by atoms with Gasteiger partial charge in [-0.3, -0.25) is 57.5 Å². The Balaban J connectivity index is 1.27. The summed E-state index contributed by atoms with van der Waals surface area (Å²) in [6.45, 7) is 12.8. The number of nitrogens with one attached hydrogen (secondary N) is 3. The summed E-state index contributed by atoms with van der Waals surface area (Å²) in [6, 6.07) is -10.8. The van der Waals surface area contributed by atoms with E-state index in [9.17, 15) is 46.7 Å². The van der Waals surface area contributed by atoms with Crippen molar-refractivity contribution in [2.24, 2.45) is 35.5 Å². The van der Waals surface area contributed by atoms with Gasteiger partial charge < -0.3 is 60.0 Å². The Morgan fingerprint density at radius 1 is 0.606 bits per heavy atom. The molecule has 4 saturated heterocycles. The fourth-order valence-corrected chi connectivity index (χ4v) is 16.8. The predicted octanol–water partition coefficient (Wildman–Crippen LogP) is 5.70. The lowest BCUT2D eigenvalue weighted by Gasteiger charge is -2.45. The Labute approximate surface area is 588 Å². The van der Waals surface area contributed by atoms with E-state index in [1.54, 1.807) is 25.7 Å². The molecular formula is C71H114ClF3N12O12. The van der Waals surface area contributed by atoms with Crippen molar-refractivity contribution in [1.29, 1.82) is 0 Å². The van der Waals surface area contributed by atoms with Crippen LogP contribution in [0.5, 0.6) is 0 Å². The molecule has 3 unspecified atom stereocenters. The van der Waals surface area contributed by atoms with Crippen LogP contribution in [0.25, 0.3) is 0 Å². The molecule has 3 N–H and O–H groups in total. The second-order valence-electron chi connectivity index (χ2n) is 30.7. The summed E-state index contributed by atoms with van der Waals surface area (Å²) in [6.07, 6.45) is 3.58. The van der Waals surface area contributed by atoms with E-state index >= 15 is 24.0 Å². The molecule has 7 rings (SSSR count). The lowest BCUT2D eigenvalue weighted by Crippen LogP contribution is -2.65. The van der Waals surface area contributed by atoms with Crippen LogP contribution in [0.1, 0.15) is 196 Å². The van der Waals surface area contributed by atoms with Crippen molar-refractivity contribution in [1.82, 2.24) is 60.0 Å². The Morgan fingerprint density at radius 3 is 1.82 bits per heavy atom. The van der Waals surface area contributed by atoms with E-state index < -0.39 is 173 Å². The first-order valence-corrected chi connectivity index (χ1v) is 37.1. The molecule has 28 heteroatoms. The van der Waals surface area contributed by atoms with Gasteiger partial charge in [0.15, 0.2) is 0 Å². The van der Waals surface area contributed by atoms with Crippen LogP contribution in [0.15, 0.2) is 0 Å². The van der Waals surface area contributed by atoms with Crippen LogP contribution in [0.3, 0.4) is 0 Å². The molecule has 3 aliphatic carbocycles. The third-order valence-electron chi connectivity index (χ3n) is 23.0.